The van der Waals surface area contributed by atoms with Gasteiger partial charge in [0.05, 0.1) is 11.8 Å². The van der Waals surface area contributed by atoms with Crippen molar-refractivity contribution in [1.29, 1.82) is 0 Å². The minimum absolute atomic E-state index is 0.0594. The van der Waals surface area contributed by atoms with Crippen LogP contribution in [0.5, 0.6) is 0 Å². The van der Waals surface area contributed by atoms with Gasteiger partial charge in [-0.1, -0.05) is 35.9 Å². The number of benzene rings is 1. The number of aromatic nitrogens is 3. The van der Waals surface area contributed by atoms with Crippen LogP contribution in [0.25, 0.3) is 16.9 Å². The first-order valence-electron chi connectivity index (χ1n) is 10.0. The van der Waals surface area contributed by atoms with Gasteiger partial charge in [0.25, 0.3) is 5.91 Å². The van der Waals surface area contributed by atoms with Crippen molar-refractivity contribution >= 4 is 23.2 Å². The zero-order chi connectivity index (χ0) is 21.8. The second-order valence-corrected chi connectivity index (χ2v) is 8.06. The number of nitrogens with zero attached hydrogens (tertiary/aromatic N) is 3. The Balaban J connectivity index is 1.64. The molecule has 0 saturated carbocycles. The molecule has 3 aromatic rings. The molecule has 1 aromatic carbocycles. The quantitative estimate of drug-likeness (QED) is 0.653. The van der Waals surface area contributed by atoms with Gasteiger partial charge in [0.2, 0.25) is 0 Å². The van der Waals surface area contributed by atoms with E-state index in [2.05, 4.69) is 15.4 Å². The summed E-state index contributed by atoms with van der Waals surface area (Å²) < 4.78 is 48.5. The number of hydrogen-bond acceptors (Lipinski definition) is 4. The summed E-state index contributed by atoms with van der Waals surface area (Å²) in [5.74, 6) is -0.655. The number of nitrogens with one attached hydrogen (secondary N) is 1. The highest BCUT2D eigenvalue weighted by atomic mass is 35.5. The van der Waals surface area contributed by atoms with Crippen molar-refractivity contribution in [3.8, 4) is 11.3 Å². The smallest absolute Gasteiger partial charge is 0.376 e. The lowest BCUT2D eigenvalue weighted by Crippen LogP contribution is -2.32. The molecule has 31 heavy (non-hydrogen) atoms. The lowest BCUT2D eigenvalue weighted by Gasteiger charge is -2.23. The summed E-state index contributed by atoms with van der Waals surface area (Å²) >= 11 is 6.33. The normalized spacial score (nSPS) is 18.1. The van der Waals surface area contributed by atoms with E-state index in [4.69, 9.17) is 16.3 Å². The number of carbonyl (C=O) groups excluding carboxylic acids is 1. The van der Waals surface area contributed by atoms with E-state index in [9.17, 15) is 18.0 Å². The summed E-state index contributed by atoms with van der Waals surface area (Å²) in [6.07, 6.45) is -2.47. The summed E-state index contributed by atoms with van der Waals surface area (Å²) in [4.78, 5) is 17.1. The van der Waals surface area contributed by atoms with Gasteiger partial charge in [0.1, 0.15) is 5.02 Å². The SMILES string of the molecule is O=C(NC[C@H]1CCCO1)c1nn2c(C(F)(F)F)c3c(nc2c1Cl)-c1ccccc1CC3. The summed E-state index contributed by atoms with van der Waals surface area (Å²) in [6, 6.07) is 7.22. The van der Waals surface area contributed by atoms with Crippen LogP contribution < -0.4 is 5.32 Å². The fraction of sp³-hybridized carbons (Fsp3) is 0.381. The van der Waals surface area contributed by atoms with Gasteiger partial charge in [-0.15, -0.1) is 0 Å². The van der Waals surface area contributed by atoms with E-state index in [1.807, 2.05) is 12.1 Å². The van der Waals surface area contributed by atoms with Crippen molar-refractivity contribution in [1.82, 2.24) is 19.9 Å². The van der Waals surface area contributed by atoms with Crippen molar-refractivity contribution < 1.29 is 22.7 Å². The lowest BCUT2D eigenvalue weighted by molar-refractivity contribution is -0.143. The Morgan fingerprint density at radius 1 is 1.29 bits per heavy atom. The number of alkyl halides is 3. The van der Waals surface area contributed by atoms with E-state index in [0.29, 0.717) is 23.1 Å². The zero-order valence-corrected chi connectivity index (χ0v) is 17.1. The lowest BCUT2D eigenvalue weighted by atomic mass is 9.88. The Morgan fingerprint density at radius 2 is 2.10 bits per heavy atom. The minimum atomic E-state index is -4.70. The van der Waals surface area contributed by atoms with Crippen molar-refractivity contribution in [2.75, 3.05) is 13.2 Å². The van der Waals surface area contributed by atoms with Crippen LogP contribution in [0.2, 0.25) is 5.02 Å². The maximum absolute atomic E-state index is 14.1. The number of rotatable bonds is 3. The highest BCUT2D eigenvalue weighted by Crippen LogP contribution is 2.41. The van der Waals surface area contributed by atoms with E-state index < -0.39 is 17.8 Å². The third-order valence-corrected chi connectivity index (χ3v) is 6.07. The van der Waals surface area contributed by atoms with Gasteiger partial charge in [0, 0.05) is 24.3 Å². The first-order valence-corrected chi connectivity index (χ1v) is 10.4. The molecule has 1 fully saturated rings. The van der Waals surface area contributed by atoms with E-state index in [1.54, 1.807) is 12.1 Å². The second-order valence-electron chi connectivity index (χ2n) is 7.69. The first-order chi connectivity index (χ1) is 14.8. The molecule has 1 saturated heterocycles. The van der Waals surface area contributed by atoms with Crippen molar-refractivity contribution in [2.24, 2.45) is 0 Å². The molecule has 1 aliphatic heterocycles. The van der Waals surface area contributed by atoms with Crippen LogP contribution in [-0.4, -0.2) is 39.8 Å². The molecular formula is C21H18ClF3N4O2. The average Bonchev–Trinajstić information content (AvgIpc) is 3.37. The highest BCUT2D eigenvalue weighted by Gasteiger charge is 2.41. The van der Waals surface area contributed by atoms with Crippen LogP contribution in [-0.2, 0) is 23.8 Å². The van der Waals surface area contributed by atoms with Crippen molar-refractivity contribution in [3.63, 3.8) is 0 Å². The van der Waals surface area contributed by atoms with Crippen LogP contribution in [0, 0.1) is 0 Å². The first kappa shape index (κ1) is 20.3. The number of halogens is 4. The summed E-state index contributed by atoms with van der Waals surface area (Å²) in [5, 5.41) is 6.38. The summed E-state index contributed by atoms with van der Waals surface area (Å²) in [5.41, 5.74) is 0.435. The fourth-order valence-electron chi connectivity index (χ4n) is 4.28. The Bertz CT molecular complexity index is 1190. The molecule has 2 aliphatic rings. The molecule has 3 heterocycles. The largest absolute Gasteiger partial charge is 0.433 e. The van der Waals surface area contributed by atoms with Gasteiger partial charge in [0.15, 0.2) is 17.0 Å². The van der Waals surface area contributed by atoms with Crippen LogP contribution >= 0.6 is 11.6 Å². The van der Waals surface area contributed by atoms with Crippen LogP contribution in [0.3, 0.4) is 0 Å². The maximum Gasteiger partial charge on any atom is 0.433 e. The van der Waals surface area contributed by atoms with Gasteiger partial charge >= 0.3 is 6.18 Å². The topological polar surface area (TPSA) is 68.5 Å². The average molecular weight is 451 g/mol. The molecule has 2 aromatic heterocycles. The van der Waals surface area contributed by atoms with Gasteiger partial charge in [-0.05, 0) is 31.2 Å². The number of carbonyl (C=O) groups is 1. The molecule has 162 valence electrons. The van der Waals surface area contributed by atoms with Crippen LogP contribution in [0.4, 0.5) is 13.2 Å². The minimum Gasteiger partial charge on any atom is -0.376 e. The number of aryl methyl sites for hydroxylation is 1. The molecule has 0 spiro atoms. The fourth-order valence-corrected chi connectivity index (χ4v) is 4.52. The predicted molar refractivity (Wildman–Crippen MR) is 107 cm³/mol. The second kappa shape index (κ2) is 7.49. The molecule has 0 bridgehead atoms. The molecular weight excluding hydrogens is 433 g/mol. The molecule has 1 N–H and O–H groups in total. The molecule has 1 aliphatic carbocycles. The Labute approximate surface area is 180 Å². The number of amides is 1. The maximum atomic E-state index is 14.1. The molecule has 6 nitrogen and oxygen atoms in total. The highest BCUT2D eigenvalue weighted by molar-refractivity contribution is 6.36. The van der Waals surface area contributed by atoms with Gasteiger partial charge in [-0.3, -0.25) is 4.79 Å². The number of ether oxygens (including phenoxy) is 1. The van der Waals surface area contributed by atoms with Gasteiger partial charge < -0.3 is 10.1 Å². The molecule has 1 atom stereocenters. The number of fused-ring (bicyclic) bond motifs is 4. The van der Waals surface area contributed by atoms with Gasteiger partial charge in [-0.2, -0.15) is 18.3 Å². The van der Waals surface area contributed by atoms with Crippen molar-refractivity contribution in [3.05, 3.63) is 51.8 Å². The van der Waals surface area contributed by atoms with Gasteiger partial charge in [-0.25, -0.2) is 9.50 Å². The number of hydrogen-bond donors (Lipinski definition) is 1. The van der Waals surface area contributed by atoms with E-state index in [0.717, 1.165) is 18.4 Å². The molecule has 1 amide bonds. The standard InChI is InChI=1S/C21H18ClF3N4O2/c22-15-17(20(30)26-10-12-5-3-9-31-12)28-29-18(21(23,24)25)14-8-7-11-4-1-2-6-13(11)16(14)27-19(15)29/h1-2,4,6,12H,3,5,7-10H2,(H,26,30)/t12-/m1/s1. The summed E-state index contributed by atoms with van der Waals surface area (Å²) in [6.45, 7) is 0.869. The third kappa shape index (κ3) is 3.45. The van der Waals surface area contributed by atoms with Crippen LogP contribution in [0.15, 0.2) is 24.3 Å². The molecule has 5 rings (SSSR count). The Hall–Kier alpha value is -2.65. The predicted octanol–water partition coefficient (Wildman–Crippen LogP) is 4.08. The van der Waals surface area contributed by atoms with E-state index in [1.165, 1.54) is 0 Å². The third-order valence-electron chi connectivity index (χ3n) is 5.72. The van der Waals surface area contributed by atoms with E-state index in [-0.39, 0.29) is 46.7 Å². The van der Waals surface area contributed by atoms with Crippen molar-refractivity contribution in [2.45, 2.75) is 38.0 Å². The Kier molecular flexibility index (Phi) is 4.90. The monoisotopic (exact) mass is 450 g/mol. The zero-order valence-electron chi connectivity index (χ0n) is 16.3. The molecule has 0 radical (unpaired) electrons. The Morgan fingerprint density at radius 3 is 2.84 bits per heavy atom. The van der Waals surface area contributed by atoms with E-state index >= 15 is 0 Å². The molecule has 0 unspecified atom stereocenters. The molecule has 10 heteroatoms. The van der Waals surface area contributed by atoms with Crippen LogP contribution in [0.1, 0.15) is 40.2 Å². The summed E-state index contributed by atoms with van der Waals surface area (Å²) in [7, 11) is 0.